The van der Waals surface area contributed by atoms with Crippen LogP contribution in [0.4, 0.5) is 0 Å². The van der Waals surface area contributed by atoms with Crippen LogP contribution in [-0.4, -0.2) is 35.3 Å². The van der Waals surface area contributed by atoms with Gasteiger partial charge in [0.2, 0.25) is 5.91 Å². The Kier molecular flexibility index (Phi) is 4.34. The summed E-state index contributed by atoms with van der Waals surface area (Å²) in [5.74, 6) is 1.60. The van der Waals surface area contributed by atoms with Gasteiger partial charge >= 0.3 is 0 Å². The molecule has 0 bridgehead atoms. The fourth-order valence-electron chi connectivity index (χ4n) is 2.28. The SMILES string of the molecule is Cc1noc(COCC(=O)NCC2Cc3ccccc3O2)n1. The lowest BCUT2D eigenvalue weighted by molar-refractivity contribution is -0.126. The molecule has 1 N–H and O–H groups in total. The molecule has 0 fully saturated rings. The summed E-state index contributed by atoms with van der Waals surface area (Å²) in [5, 5.41) is 6.43. The number of aromatic nitrogens is 2. The highest BCUT2D eigenvalue weighted by molar-refractivity contribution is 5.77. The molecule has 3 rings (SSSR count). The van der Waals surface area contributed by atoms with E-state index in [4.69, 9.17) is 14.0 Å². The molecule has 0 saturated carbocycles. The molecule has 116 valence electrons. The second kappa shape index (κ2) is 6.57. The minimum atomic E-state index is -0.198. The lowest BCUT2D eigenvalue weighted by Gasteiger charge is -2.11. The first kappa shape index (κ1) is 14.5. The van der Waals surface area contributed by atoms with Gasteiger partial charge in [0.05, 0.1) is 6.54 Å². The van der Waals surface area contributed by atoms with Gasteiger partial charge in [-0.25, -0.2) is 0 Å². The van der Waals surface area contributed by atoms with Crippen LogP contribution < -0.4 is 10.1 Å². The number of nitrogens with zero attached hydrogens (tertiary/aromatic N) is 2. The number of hydrogen-bond acceptors (Lipinski definition) is 6. The molecule has 1 aromatic heterocycles. The van der Waals surface area contributed by atoms with Gasteiger partial charge < -0.3 is 19.3 Å². The molecular weight excluding hydrogens is 286 g/mol. The number of amides is 1. The number of rotatable bonds is 6. The Hall–Kier alpha value is -2.41. The van der Waals surface area contributed by atoms with E-state index in [1.54, 1.807) is 6.92 Å². The molecule has 1 aliphatic rings. The molecule has 0 saturated heterocycles. The third kappa shape index (κ3) is 3.62. The summed E-state index contributed by atoms with van der Waals surface area (Å²) in [6.07, 6.45) is 0.776. The van der Waals surface area contributed by atoms with Gasteiger partial charge in [-0.2, -0.15) is 4.98 Å². The normalized spacial score (nSPS) is 16.1. The summed E-state index contributed by atoms with van der Waals surface area (Å²) < 4.78 is 15.9. The first-order valence-electron chi connectivity index (χ1n) is 7.09. The van der Waals surface area contributed by atoms with E-state index in [0.29, 0.717) is 18.3 Å². The van der Waals surface area contributed by atoms with Crippen LogP contribution in [-0.2, 0) is 22.6 Å². The lowest BCUT2D eigenvalue weighted by Crippen LogP contribution is -2.36. The second-order valence-electron chi connectivity index (χ2n) is 5.08. The van der Waals surface area contributed by atoms with Crippen molar-refractivity contribution in [2.75, 3.05) is 13.2 Å². The standard InChI is InChI=1S/C15H17N3O4/c1-10-17-15(22-18-10)9-20-8-14(19)16-7-12-6-11-4-2-3-5-13(11)21-12/h2-5,12H,6-9H2,1H3,(H,16,19). The maximum Gasteiger partial charge on any atom is 0.252 e. The Morgan fingerprint density at radius 1 is 1.45 bits per heavy atom. The van der Waals surface area contributed by atoms with Crippen LogP contribution in [0.25, 0.3) is 0 Å². The van der Waals surface area contributed by atoms with Gasteiger partial charge in [-0.05, 0) is 18.6 Å². The Balaban J connectivity index is 1.35. The highest BCUT2D eigenvalue weighted by Gasteiger charge is 2.22. The summed E-state index contributed by atoms with van der Waals surface area (Å²) in [7, 11) is 0. The summed E-state index contributed by atoms with van der Waals surface area (Å²) in [6, 6.07) is 7.89. The van der Waals surface area contributed by atoms with Crippen molar-refractivity contribution in [3.05, 3.63) is 41.5 Å². The monoisotopic (exact) mass is 303 g/mol. The van der Waals surface area contributed by atoms with E-state index < -0.39 is 0 Å². The van der Waals surface area contributed by atoms with E-state index >= 15 is 0 Å². The van der Waals surface area contributed by atoms with Gasteiger partial charge in [0.25, 0.3) is 5.89 Å². The minimum absolute atomic E-state index is 0.0278. The van der Waals surface area contributed by atoms with E-state index in [0.717, 1.165) is 12.2 Å². The van der Waals surface area contributed by atoms with E-state index in [1.807, 2.05) is 24.3 Å². The van der Waals surface area contributed by atoms with Gasteiger partial charge in [0, 0.05) is 6.42 Å². The molecule has 0 spiro atoms. The minimum Gasteiger partial charge on any atom is -0.488 e. The van der Waals surface area contributed by atoms with Gasteiger partial charge in [-0.3, -0.25) is 4.79 Å². The third-order valence-electron chi connectivity index (χ3n) is 3.27. The number of carbonyl (C=O) groups is 1. The molecule has 0 radical (unpaired) electrons. The number of aryl methyl sites for hydroxylation is 1. The average Bonchev–Trinajstić information content (AvgIpc) is 3.11. The first-order valence-corrected chi connectivity index (χ1v) is 7.09. The molecule has 2 aromatic rings. The number of benzene rings is 1. The Morgan fingerprint density at radius 3 is 3.09 bits per heavy atom. The Labute approximate surface area is 127 Å². The fourth-order valence-corrected chi connectivity index (χ4v) is 2.28. The van der Waals surface area contributed by atoms with Gasteiger partial charge in [0.15, 0.2) is 5.82 Å². The van der Waals surface area contributed by atoms with Crippen LogP contribution in [0.3, 0.4) is 0 Å². The van der Waals surface area contributed by atoms with Crippen LogP contribution >= 0.6 is 0 Å². The number of para-hydroxylation sites is 1. The van der Waals surface area contributed by atoms with Crippen LogP contribution in [0.15, 0.2) is 28.8 Å². The first-order chi connectivity index (χ1) is 10.7. The molecule has 2 heterocycles. The topological polar surface area (TPSA) is 86.5 Å². The number of carbonyl (C=O) groups excluding carboxylic acids is 1. The van der Waals surface area contributed by atoms with E-state index in [-0.39, 0.29) is 25.2 Å². The molecule has 1 unspecified atom stereocenters. The van der Waals surface area contributed by atoms with Crippen molar-refractivity contribution >= 4 is 5.91 Å². The summed E-state index contributed by atoms with van der Waals surface area (Å²) in [4.78, 5) is 15.7. The van der Waals surface area contributed by atoms with Crippen LogP contribution in [0, 0.1) is 6.92 Å². The zero-order valence-corrected chi connectivity index (χ0v) is 12.2. The van der Waals surface area contributed by atoms with Crippen molar-refractivity contribution in [3.8, 4) is 5.75 Å². The second-order valence-corrected chi connectivity index (χ2v) is 5.08. The summed E-state index contributed by atoms with van der Waals surface area (Å²) >= 11 is 0. The summed E-state index contributed by atoms with van der Waals surface area (Å²) in [5.41, 5.74) is 1.17. The van der Waals surface area contributed by atoms with E-state index in [2.05, 4.69) is 15.5 Å². The number of nitrogens with one attached hydrogen (secondary N) is 1. The smallest absolute Gasteiger partial charge is 0.252 e. The zero-order valence-electron chi connectivity index (χ0n) is 12.2. The number of hydrogen-bond donors (Lipinski definition) is 1. The molecule has 1 atom stereocenters. The average molecular weight is 303 g/mol. The number of ether oxygens (including phenoxy) is 2. The molecule has 0 aliphatic carbocycles. The molecule has 7 nitrogen and oxygen atoms in total. The highest BCUT2D eigenvalue weighted by Crippen LogP contribution is 2.27. The van der Waals surface area contributed by atoms with E-state index in [1.165, 1.54) is 5.56 Å². The van der Waals surface area contributed by atoms with Crippen molar-refractivity contribution in [1.29, 1.82) is 0 Å². The maximum absolute atomic E-state index is 11.7. The lowest BCUT2D eigenvalue weighted by atomic mass is 10.1. The predicted octanol–water partition coefficient (Wildman–Crippen LogP) is 1.01. The van der Waals surface area contributed by atoms with Crippen LogP contribution in [0.2, 0.25) is 0 Å². The van der Waals surface area contributed by atoms with Gasteiger partial charge in [-0.15, -0.1) is 0 Å². The molecule has 1 amide bonds. The Morgan fingerprint density at radius 2 is 2.32 bits per heavy atom. The maximum atomic E-state index is 11.7. The van der Waals surface area contributed by atoms with Crippen LogP contribution in [0.5, 0.6) is 5.75 Å². The van der Waals surface area contributed by atoms with Crippen molar-refractivity contribution in [1.82, 2.24) is 15.5 Å². The molecular formula is C15H17N3O4. The summed E-state index contributed by atoms with van der Waals surface area (Å²) in [6.45, 7) is 2.25. The Bertz CT molecular complexity index is 631. The van der Waals surface area contributed by atoms with Crippen molar-refractivity contribution in [3.63, 3.8) is 0 Å². The van der Waals surface area contributed by atoms with Crippen molar-refractivity contribution in [2.24, 2.45) is 0 Å². The zero-order chi connectivity index (χ0) is 15.4. The largest absolute Gasteiger partial charge is 0.488 e. The predicted molar refractivity (Wildman–Crippen MR) is 76.3 cm³/mol. The van der Waals surface area contributed by atoms with Gasteiger partial charge in [-0.1, -0.05) is 23.4 Å². The molecule has 22 heavy (non-hydrogen) atoms. The third-order valence-corrected chi connectivity index (χ3v) is 3.27. The van der Waals surface area contributed by atoms with Gasteiger partial charge in [0.1, 0.15) is 25.1 Å². The van der Waals surface area contributed by atoms with Crippen molar-refractivity contribution in [2.45, 2.75) is 26.1 Å². The fraction of sp³-hybridized carbons (Fsp3) is 0.400. The molecule has 1 aliphatic heterocycles. The quantitative estimate of drug-likeness (QED) is 0.857. The molecule has 1 aromatic carbocycles. The highest BCUT2D eigenvalue weighted by atomic mass is 16.5. The number of fused-ring (bicyclic) bond motifs is 1. The molecule has 7 heteroatoms. The van der Waals surface area contributed by atoms with E-state index in [9.17, 15) is 4.79 Å². The van der Waals surface area contributed by atoms with Crippen LogP contribution in [0.1, 0.15) is 17.3 Å². The van der Waals surface area contributed by atoms with Crippen molar-refractivity contribution < 1.29 is 18.8 Å².